The molecule has 18 heavy (non-hydrogen) atoms. The fourth-order valence-corrected chi connectivity index (χ4v) is 2.23. The Labute approximate surface area is 116 Å². The van der Waals surface area contributed by atoms with E-state index >= 15 is 0 Å². The van der Waals surface area contributed by atoms with Crippen LogP contribution in [0.3, 0.4) is 0 Å². The summed E-state index contributed by atoms with van der Waals surface area (Å²) >= 11 is 6.40. The van der Waals surface area contributed by atoms with E-state index in [4.69, 9.17) is 11.6 Å². The quantitative estimate of drug-likeness (QED) is 0.865. The third kappa shape index (κ3) is 3.39. The second-order valence-electron chi connectivity index (χ2n) is 5.32. The van der Waals surface area contributed by atoms with E-state index in [1.165, 1.54) is 5.56 Å². The van der Waals surface area contributed by atoms with Gasteiger partial charge in [0.25, 0.3) is 0 Å². The van der Waals surface area contributed by atoms with Gasteiger partial charge in [0.2, 0.25) is 0 Å². The molecule has 1 N–H and O–H groups in total. The second-order valence-corrected chi connectivity index (χ2v) is 5.72. The zero-order valence-electron chi connectivity index (χ0n) is 12.3. The number of hydrogen-bond acceptors (Lipinski definition) is 2. The lowest BCUT2D eigenvalue weighted by molar-refractivity contribution is 0.505. The number of anilines is 1. The van der Waals surface area contributed by atoms with Crippen molar-refractivity contribution in [3.63, 3.8) is 0 Å². The summed E-state index contributed by atoms with van der Waals surface area (Å²) in [4.78, 5) is 2.25. The van der Waals surface area contributed by atoms with Crippen LogP contribution in [-0.4, -0.2) is 20.1 Å². The fraction of sp³-hybridized carbons (Fsp3) is 0.600. The lowest BCUT2D eigenvalue weighted by atomic mass is 10.0. The first-order valence-electron chi connectivity index (χ1n) is 6.58. The van der Waals surface area contributed by atoms with Crippen molar-refractivity contribution in [1.29, 1.82) is 0 Å². The Kier molecular flexibility index (Phi) is 5.48. The summed E-state index contributed by atoms with van der Waals surface area (Å²) in [6.07, 6.45) is 0. The molecule has 0 aromatic heterocycles. The first-order valence-corrected chi connectivity index (χ1v) is 6.95. The molecule has 0 fully saturated rings. The van der Waals surface area contributed by atoms with Crippen LogP contribution in [0.2, 0.25) is 5.02 Å². The smallest absolute Gasteiger partial charge is 0.0642 e. The number of hydrogen-bond donors (Lipinski definition) is 1. The molecule has 0 aliphatic carbocycles. The van der Waals surface area contributed by atoms with Crippen molar-refractivity contribution in [2.45, 2.75) is 39.8 Å². The largest absolute Gasteiger partial charge is 0.370 e. The first kappa shape index (κ1) is 15.3. The van der Waals surface area contributed by atoms with Gasteiger partial charge in [-0.15, -0.1) is 0 Å². The highest BCUT2D eigenvalue weighted by atomic mass is 35.5. The molecule has 0 spiro atoms. The summed E-state index contributed by atoms with van der Waals surface area (Å²) in [5.74, 6) is 0.599. The zero-order chi connectivity index (χ0) is 13.9. The summed E-state index contributed by atoms with van der Waals surface area (Å²) in [5, 5.41) is 4.05. The Bertz CT molecular complexity index is 390. The van der Waals surface area contributed by atoms with E-state index < -0.39 is 0 Å². The molecule has 1 aromatic carbocycles. The van der Waals surface area contributed by atoms with Crippen molar-refractivity contribution in [1.82, 2.24) is 5.32 Å². The molecule has 0 amide bonds. The van der Waals surface area contributed by atoms with Crippen molar-refractivity contribution in [2.24, 2.45) is 5.92 Å². The molecule has 2 atom stereocenters. The van der Waals surface area contributed by atoms with Crippen molar-refractivity contribution in [3.05, 3.63) is 28.8 Å². The molecule has 0 heterocycles. The molecule has 0 bridgehead atoms. The van der Waals surface area contributed by atoms with Gasteiger partial charge in [0.15, 0.2) is 0 Å². The highest BCUT2D eigenvalue weighted by Gasteiger charge is 2.16. The first-order chi connectivity index (χ1) is 8.38. The molecule has 0 aliphatic heterocycles. The summed E-state index contributed by atoms with van der Waals surface area (Å²) in [5.41, 5.74) is 2.32. The number of halogens is 1. The molecule has 0 radical (unpaired) electrons. The fourth-order valence-electron chi connectivity index (χ4n) is 1.91. The van der Waals surface area contributed by atoms with Gasteiger partial charge < -0.3 is 10.2 Å². The van der Waals surface area contributed by atoms with Crippen LogP contribution >= 0.6 is 11.6 Å². The molecule has 2 nitrogen and oxygen atoms in total. The molecular formula is C15H25ClN2. The molecule has 0 saturated carbocycles. The number of nitrogens with one attached hydrogen (secondary N) is 1. The van der Waals surface area contributed by atoms with Gasteiger partial charge >= 0.3 is 0 Å². The van der Waals surface area contributed by atoms with Gasteiger partial charge in [-0.2, -0.15) is 0 Å². The van der Waals surface area contributed by atoms with Crippen LogP contribution in [0.25, 0.3) is 0 Å². The lowest BCUT2D eigenvalue weighted by Crippen LogP contribution is -2.33. The lowest BCUT2D eigenvalue weighted by Gasteiger charge is -2.31. The number of nitrogens with zero attached hydrogens (tertiary/aromatic N) is 1. The topological polar surface area (TPSA) is 15.3 Å². The molecule has 2 unspecified atom stereocenters. The average molecular weight is 269 g/mol. The van der Waals surface area contributed by atoms with Gasteiger partial charge in [0.05, 0.1) is 10.7 Å². The monoisotopic (exact) mass is 268 g/mol. The third-order valence-corrected chi connectivity index (χ3v) is 4.16. The van der Waals surface area contributed by atoms with E-state index in [1.807, 2.05) is 7.05 Å². The molecule has 102 valence electrons. The van der Waals surface area contributed by atoms with Gasteiger partial charge in [-0.25, -0.2) is 0 Å². The maximum absolute atomic E-state index is 6.40. The molecule has 0 aliphatic rings. The predicted octanol–water partition coefficient (Wildman–Crippen LogP) is 4.10. The Morgan fingerprint density at radius 2 is 1.78 bits per heavy atom. The predicted molar refractivity (Wildman–Crippen MR) is 81.6 cm³/mol. The minimum absolute atomic E-state index is 0.323. The standard InChI is InChI=1S/C15H25ClN2/c1-10(2)12(4)18(6)15-8-7-13(9-14(15)16)11(3)17-5/h7-12,17H,1-6H3. The van der Waals surface area contributed by atoms with Gasteiger partial charge in [-0.05, 0) is 44.5 Å². The molecule has 1 aromatic rings. The summed E-state index contributed by atoms with van der Waals surface area (Å²) in [6, 6.07) is 7.11. The van der Waals surface area contributed by atoms with E-state index in [9.17, 15) is 0 Å². The van der Waals surface area contributed by atoms with Crippen LogP contribution < -0.4 is 10.2 Å². The van der Waals surface area contributed by atoms with Crippen LogP contribution in [0.4, 0.5) is 5.69 Å². The maximum Gasteiger partial charge on any atom is 0.0642 e. The zero-order valence-corrected chi connectivity index (χ0v) is 13.0. The van der Waals surface area contributed by atoms with Crippen LogP contribution in [-0.2, 0) is 0 Å². The Morgan fingerprint density at radius 1 is 1.17 bits per heavy atom. The van der Waals surface area contributed by atoms with Gasteiger partial charge in [-0.1, -0.05) is 31.5 Å². The molecule has 0 saturated heterocycles. The molecular weight excluding hydrogens is 244 g/mol. The van der Waals surface area contributed by atoms with Crippen molar-refractivity contribution in [2.75, 3.05) is 19.0 Å². The van der Waals surface area contributed by atoms with E-state index in [0.29, 0.717) is 18.0 Å². The summed E-state index contributed by atoms with van der Waals surface area (Å²) in [6.45, 7) is 8.82. The maximum atomic E-state index is 6.40. The molecule has 3 heteroatoms. The van der Waals surface area contributed by atoms with Crippen LogP contribution in [0.1, 0.15) is 39.3 Å². The third-order valence-electron chi connectivity index (χ3n) is 3.86. The van der Waals surface area contributed by atoms with Crippen molar-refractivity contribution < 1.29 is 0 Å². The van der Waals surface area contributed by atoms with Crippen LogP contribution in [0.5, 0.6) is 0 Å². The number of benzene rings is 1. The minimum Gasteiger partial charge on any atom is -0.370 e. The van der Waals surface area contributed by atoms with Gasteiger partial charge in [-0.3, -0.25) is 0 Å². The Balaban J connectivity index is 2.98. The average Bonchev–Trinajstić information content (AvgIpc) is 2.35. The highest BCUT2D eigenvalue weighted by molar-refractivity contribution is 6.33. The van der Waals surface area contributed by atoms with Crippen LogP contribution in [0.15, 0.2) is 18.2 Å². The van der Waals surface area contributed by atoms with Crippen molar-refractivity contribution >= 4 is 17.3 Å². The van der Waals surface area contributed by atoms with E-state index in [-0.39, 0.29) is 0 Å². The Morgan fingerprint density at radius 3 is 2.22 bits per heavy atom. The van der Waals surface area contributed by atoms with E-state index in [0.717, 1.165) is 10.7 Å². The summed E-state index contributed by atoms with van der Waals surface area (Å²) < 4.78 is 0. The van der Waals surface area contributed by atoms with E-state index in [1.54, 1.807) is 0 Å². The number of rotatable bonds is 5. The minimum atomic E-state index is 0.323. The normalized spacial score (nSPS) is 14.7. The van der Waals surface area contributed by atoms with Crippen molar-refractivity contribution in [3.8, 4) is 0 Å². The highest BCUT2D eigenvalue weighted by Crippen LogP contribution is 2.30. The van der Waals surface area contributed by atoms with Gasteiger partial charge in [0.1, 0.15) is 0 Å². The molecule has 1 rings (SSSR count). The van der Waals surface area contributed by atoms with Gasteiger partial charge in [0, 0.05) is 19.1 Å². The summed E-state index contributed by atoms with van der Waals surface area (Å²) in [7, 11) is 4.06. The van der Waals surface area contributed by atoms with Crippen LogP contribution in [0, 0.1) is 5.92 Å². The Hall–Kier alpha value is -0.730. The van der Waals surface area contributed by atoms with E-state index in [2.05, 4.69) is 63.2 Å². The second kappa shape index (κ2) is 6.44. The SMILES string of the molecule is CNC(C)c1ccc(N(C)C(C)C(C)C)c(Cl)c1.